The van der Waals surface area contributed by atoms with E-state index < -0.39 is 0 Å². The first-order valence-electron chi connectivity index (χ1n) is 14.4. The van der Waals surface area contributed by atoms with E-state index in [9.17, 15) is 14.4 Å². The average Bonchev–Trinajstić information content (AvgIpc) is 3.14. The van der Waals surface area contributed by atoms with Gasteiger partial charge in [0, 0.05) is 26.7 Å². The van der Waals surface area contributed by atoms with Crippen LogP contribution in [-0.2, 0) is 28.6 Å². The quantitative estimate of drug-likeness (QED) is 0.237. The van der Waals surface area contributed by atoms with E-state index in [1.54, 1.807) is 6.92 Å². The van der Waals surface area contributed by atoms with Crippen LogP contribution in [0.5, 0.6) is 0 Å². The molecule has 204 valence electrons. The number of ether oxygens (including phenoxy) is 3. The topological polar surface area (TPSA) is 78.9 Å². The molecule has 0 aromatic rings. The minimum atomic E-state index is -0.198. The highest BCUT2D eigenvalue weighted by Gasteiger charge is 2.63. The molecule has 0 aromatic heterocycles. The van der Waals surface area contributed by atoms with Crippen LogP contribution in [0.4, 0.5) is 0 Å². The van der Waals surface area contributed by atoms with Crippen molar-refractivity contribution in [2.75, 3.05) is 6.61 Å². The molecule has 10 atom stereocenters. The van der Waals surface area contributed by atoms with Gasteiger partial charge in [-0.1, -0.05) is 20.8 Å². The fourth-order valence-corrected chi connectivity index (χ4v) is 9.63. The molecule has 0 N–H and O–H groups in total. The van der Waals surface area contributed by atoms with Crippen molar-refractivity contribution in [1.29, 1.82) is 0 Å². The molecule has 0 amide bonds. The summed E-state index contributed by atoms with van der Waals surface area (Å²) in [7, 11) is 0. The number of esters is 3. The first-order chi connectivity index (χ1) is 17.0. The van der Waals surface area contributed by atoms with Gasteiger partial charge in [-0.2, -0.15) is 0 Å². The summed E-state index contributed by atoms with van der Waals surface area (Å²) in [5, 5.41) is 0. The monoisotopic (exact) mass is 504 g/mol. The average molecular weight is 505 g/mol. The van der Waals surface area contributed by atoms with Gasteiger partial charge in [0.1, 0.15) is 12.2 Å². The number of hydrogen-bond donors (Lipinski definition) is 0. The second kappa shape index (κ2) is 10.6. The smallest absolute Gasteiger partial charge is 0.302 e. The molecule has 0 radical (unpaired) electrons. The Kier molecular flexibility index (Phi) is 8.12. The van der Waals surface area contributed by atoms with Gasteiger partial charge in [0.05, 0.1) is 6.61 Å². The van der Waals surface area contributed by atoms with Crippen molar-refractivity contribution >= 4 is 17.9 Å². The van der Waals surface area contributed by atoms with Crippen LogP contribution in [0.15, 0.2) is 0 Å². The molecular weight excluding hydrogens is 456 g/mol. The Morgan fingerprint density at radius 1 is 0.833 bits per heavy atom. The van der Waals surface area contributed by atoms with Gasteiger partial charge in [-0.05, 0) is 105 Å². The van der Waals surface area contributed by atoms with Gasteiger partial charge in [-0.3, -0.25) is 14.4 Å². The summed E-state index contributed by atoms with van der Waals surface area (Å²) in [6.45, 7) is 12.4. The summed E-state index contributed by atoms with van der Waals surface area (Å²) in [4.78, 5) is 35.0. The van der Waals surface area contributed by atoms with E-state index in [1.807, 2.05) is 0 Å². The molecule has 4 rings (SSSR count). The second-order valence-electron chi connectivity index (χ2n) is 13.1. The first kappa shape index (κ1) is 27.4. The Balaban J connectivity index is 1.53. The zero-order chi connectivity index (χ0) is 26.3. The van der Waals surface area contributed by atoms with Gasteiger partial charge < -0.3 is 14.2 Å². The molecule has 6 heteroatoms. The Morgan fingerprint density at radius 2 is 1.50 bits per heavy atom. The lowest BCUT2D eigenvalue weighted by Crippen LogP contribution is -2.59. The van der Waals surface area contributed by atoms with Crippen molar-refractivity contribution in [3.8, 4) is 0 Å². The van der Waals surface area contributed by atoms with Crippen LogP contribution in [0.3, 0.4) is 0 Å². The van der Waals surface area contributed by atoms with Crippen molar-refractivity contribution in [2.24, 2.45) is 46.3 Å². The van der Waals surface area contributed by atoms with Crippen LogP contribution >= 0.6 is 0 Å². The molecule has 0 spiro atoms. The van der Waals surface area contributed by atoms with Crippen molar-refractivity contribution < 1.29 is 28.6 Å². The number of carbonyl (C=O) groups is 3. The molecule has 0 saturated heterocycles. The third-order valence-electron chi connectivity index (χ3n) is 11.1. The highest BCUT2D eigenvalue weighted by molar-refractivity contribution is 5.66. The third kappa shape index (κ3) is 5.20. The summed E-state index contributed by atoms with van der Waals surface area (Å²) in [6, 6.07) is 0. The number of rotatable bonds is 7. The lowest BCUT2D eigenvalue weighted by Gasteiger charge is -2.62. The van der Waals surface area contributed by atoms with Crippen LogP contribution in [0, 0.1) is 46.3 Å². The molecular formula is C30H48O6. The summed E-state index contributed by atoms with van der Waals surface area (Å²) in [6.07, 6.45) is 10.6. The van der Waals surface area contributed by atoms with E-state index >= 15 is 0 Å². The molecule has 4 saturated carbocycles. The Hall–Kier alpha value is -1.59. The standard InChI is InChI=1S/C30H48O6/c1-18(8-7-15-34-19(2)31)24-9-10-25-28-26(12-14-30(24,25)6)29(5)13-11-23(35-20(3)32)16-22(29)17-27(28)36-21(4)33/h18,22-28H,7-17H2,1-6H3/t18-,22-,23+,24-,25+,26+,27?,28+,29+,30-/m1/s1. The van der Waals surface area contributed by atoms with Crippen LogP contribution in [0.2, 0.25) is 0 Å². The van der Waals surface area contributed by atoms with Crippen molar-refractivity contribution in [3.05, 3.63) is 0 Å². The van der Waals surface area contributed by atoms with Gasteiger partial charge in [0.15, 0.2) is 0 Å². The molecule has 4 fully saturated rings. The second-order valence-corrected chi connectivity index (χ2v) is 13.1. The maximum absolute atomic E-state index is 12.2. The maximum Gasteiger partial charge on any atom is 0.302 e. The van der Waals surface area contributed by atoms with E-state index in [-0.39, 0.29) is 40.9 Å². The highest BCUT2D eigenvalue weighted by atomic mass is 16.5. The predicted octanol–water partition coefficient (Wildman–Crippen LogP) is 6.10. The molecule has 0 bridgehead atoms. The van der Waals surface area contributed by atoms with E-state index in [0.717, 1.165) is 38.5 Å². The zero-order valence-electron chi connectivity index (χ0n) is 23.3. The fraction of sp³-hybridized carbons (Fsp3) is 0.900. The van der Waals surface area contributed by atoms with Gasteiger partial charge in [0.25, 0.3) is 0 Å². The van der Waals surface area contributed by atoms with Gasteiger partial charge in [-0.25, -0.2) is 0 Å². The number of carbonyl (C=O) groups excluding carboxylic acids is 3. The molecule has 0 heterocycles. The molecule has 0 aromatic carbocycles. The molecule has 4 aliphatic rings. The molecule has 4 aliphatic carbocycles. The van der Waals surface area contributed by atoms with Crippen LogP contribution < -0.4 is 0 Å². The summed E-state index contributed by atoms with van der Waals surface area (Å²) in [5.41, 5.74) is 0.478. The molecule has 0 aliphatic heterocycles. The summed E-state index contributed by atoms with van der Waals surface area (Å²) < 4.78 is 17.0. The summed E-state index contributed by atoms with van der Waals surface area (Å²) in [5.74, 6) is 2.64. The number of hydrogen-bond acceptors (Lipinski definition) is 6. The largest absolute Gasteiger partial charge is 0.466 e. The van der Waals surface area contributed by atoms with Crippen LogP contribution in [0.25, 0.3) is 0 Å². The Bertz CT molecular complexity index is 839. The van der Waals surface area contributed by atoms with Crippen molar-refractivity contribution in [3.63, 3.8) is 0 Å². The molecule has 6 nitrogen and oxygen atoms in total. The predicted molar refractivity (Wildman–Crippen MR) is 137 cm³/mol. The van der Waals surface area contributed by atoms with Crippen LogP contribution in [0.1, 0.15) is 106 Å². The third-order valence-corrected chi connectivity index (χ3v) is 11.1. The minimum Gasteiger partial charge on any atom is -0.466 e. The lowest BCUT2D eigenvalue weighted by atomic mass is 9.43. The molecule has 36 heavy (non-hydrogen) atoms. The van der Waals surface area contributed by atoms with E-state index in [2.05, 4.69) is 20.8 Å². The summed E-state index contributed by atoms with van der Waals surface area (Å²) >= 11 is 0. The number of fused-ring (bicyclic) bond motifs is 5. The Morgan fingerprint density at radius 3 is 2.17 bits per heavy atom. The first-order valence-corrected chi connectivity index (χ1v) is 14.4. The van der Waals surface area contributed by atoms with E-state index in [0.29, 0.717) is 42.1 Å². The zero-order valence-corrected chi connectivity index (χ0v) is 23.3. The SMILES string of the molecule is CC(=O)OCCC[C@@H](C)[C@H]1CC[C@H]2[C@@H]3C(OC(C)=O)C[C@H]4C[C@@H](OC(C)=O)CC[C@]4(C)[C@H]3CC[C@]12C. The fourth-order valence-electron chi connectivity index (χ4n) is 9.63. The van der Waals surface area contributed by atoms with E-state index in [1.165, 1.54) is 39.5 Å². The maximum atomic E-state index is 12.2. The normalized spacial score (nSPS) is 42.3. The lowest BCUT2D eigenvalue weighted by molar-refractivity contribution is -0.197. The minimum absolute atomic E-state index is 0.00680. The van der Waals surface area contributed by atoms with Gasteiger partial charge >= 0.3 is 17.9 Å². The van der Waals surface area contributed by atoms with E-state index in [4.69, 9.17) is 14.2 Å². The van der Waals surface area contributed by atoms with Crippen molar-refractivity contribution in [1.82, 2.24) is 0 Å². The highest BCUT2D eigenvalue weighted by Crippen LogP contribution is 2.68. The van der Waals surface area contributed by atoms with Crippen LogP contribution in [-0.4, -0.2) is 36.7 Å². The van der Waals surface area contributed by atoms with Gasteiger partial charge in [-0.15, -0.1) is 0 Å². The Labute approximate surface area is 217 Å². The molecule has 1 unspecified atom stereocenters. The van der Waals surface area contributed by atoms with Gasteiger partial charge in [0.2, 0.25) is 0 Å². The van der Waals surface area contributed by atoms with Crippen molar-refractivity contribution in [2.45, 2.75) is 118 Å².